The van der Waals surface area contributed by atoms with Crippen molar-refractivity contribution in [3.8, 4) is 11.5 Å². The van der Waals surface area contributed by atoms with Gasteiger partial charge in [-0.2, -0.15) is 18.3 Å². The number of carbonyl (C=O) groups excluding carboxylic acids is 1. The van der Waals surface area contributed by atoms with Gasteiger partial charge in [0.2, 0.25) is 5.75 Å². The van der Waals surface area contributed by atoms with Crippen molar-refractivity contribution in [3.63, 3.8) is 0 Å². The zero-order valence-electron chi connectivity index (χ0n) is 14.9. The number of alkyl halides is 3. The minimum Gasteiger partial charge on any atom is -0.450 e. The van der Waals surface area contributed by atoms with Crippen LogP contribution in [0.3, 0.4) is 0 Å². The molecule has 1 heterocycles. The fourth-order valence-electron chi connectivity index (χ4n) is 2.30. The van der Waals surface area contributed by atoms with Gasteiger partial charge >= 0.3 is 11.9 Å². The molecular weight excluding hydrogens is 423 g/mol. The fourth-order valence-corrected chi connectivity index (χ4v) is 2.91. The largest absolute Gasteiger partial charge is 0.450 e. The number of ether oxygens (including phenoxy) is 1. The second-order valence-electron chi connectivity index (χ2n) is 5.78. The van der Waals surface area contributed by atoms with E-state index in [-0.39, 0.29) is 17.4 Å². The first kappa shape index (κ1) is 21.0. The van der Waals surface area contributed by atoms with Crippen molar-refractivity contribution in [2.75, 3.05) is 0 Å². The van der Waals surface area contributed by atoms with Gasteiger partial charge in [0.05, 0.1) is 21.6 Å². The third kappa shape index (κ3) is 5.20. The summed E-state index contributed by atoms with van der Waals surface area (Å²) < 4.78 is 43.7. The van der Waals surface area contributed by atoms with E-state index in [4.69, 9.17) is 4.74 Å². The lowest BCUT2D eigenvalue weighted by Gasteiger charge is -2.10. The van der Waals surface area contributed by atoms with Crippen LogP contribution in [0.25, 0.3) is 0 Å². The number of hydrogen-bond donors (Lipinski definition) is 1. The van der Waals surface area contributed by atoms with Crippen molar-refractivity contribution in [1.29, 1.82) is 0 Å². The van der Waals surface area contributed by atoms with Gasteiger partial charge in [-0.1, -0.05) is 6.07 Å². The van der Waals surface area contributed by atoms with E-state index in [9.17, 15) is 28.1 Å². The van der Waals surface area contributed by atoms with Crippen LogP contribution >= 0.6 is 11.3 Å². The third-order valence-electron chi connectivity index (χ3n) is 3.72. The highest BCUT2D eigenvalue weighted by Crippen LogP contribution is 2.37. The predicted octanol–water partition coefficient (Wildman–Crippen LogP) is 5.23. The summed E-state index contributed by atoms with van der Waals surface area (Å²) in [5.74, 6) is -0.494. The normalized spacial score (nSPS) is 11.4. The molecule has 3 rings (SSSR count). The summed E-state index contributed by atoms with van der Waals surface area (Å²) in [6.07, 6.45) is -3.32. The Labute approximate surface area is 171 Å². The highest BCUT2D eigenvalue weighted by Gasteiger charge is 2.33. The standard InChI is InChI=1S/C19H12F3N3O4S/c20-19(21,22)13-5-8-16(15(10-13)25(27)28)29-14-6-3-12(4-7-14)11-23-24-18(26)17-2-1-9-30-17/h1-11H,(H,24,26). The number of benzene rings is 2. The van der Waals surface area contributed by atoms with E-state index >= 15 is 0 Å². The smallest absolute Gasteiger partial charge is 0.416 e. The van der Waals surface area contributed by atoms with Gasteiger partial charge in [0.1, 0.15) is 5.75 Å². The number of nitrogens with one attached hydrogen (secondary N) is 1. The molecule has 2 aromatic carbocycles. The number of rotatable bonds is 6. The van der Waals surface area contributed by atoms with E-state index in [1.165, 1.54) is 29.7 Å². The number of nitrogens with zero attached hydrogens (tertiary/aromatic N) is 2. The molecule has 0 aliphatic heterocycles. The van der Waals surface area contributed by atoms with Gasteiger partial charge in [0, 0.05) is 6.07 Å². The molecule has 30 heavy (non-hydrogen) atoms. The second kappa shape index (κ2) is 8.74. The molecule has 0 unspecified atom stereocenters. The molecule has 11 heteroatoms. The van der Waals surface area contributed by atoms with Crippen molar-refractivity contribution in [2.45, 2.75) is 6.18 Å². The van der Waals surface area contributed by atoms with Crippen molar-refractivity contribution < 1.29 is 27.6 Å². The van der Waals surface area contributed by atoms with Gasteiger partial charge in [0.15, 0.2) is 0 Å². The van der Waals surface area contributed by atoms with Crippen molar-refractivity contribution in [3.05, 3.63) is 86.1 Å². The summed E-state index contributed by atoms with van der Waals surface area (Å²) in [6, 6.07) is 11.5. The number of amides is 1. The Morgan fingerprint density at radius 1 is 1.17 bits per heavy atom. The SMILES string of the molecule is O=C(NN=Cc1ccc(Oc2ccc(C(F)(F)F)cc2[N+](=O)[O-])cc1)c1cccs1. The van der Waals surface area contributed by atoms with Gasteiger partial charge in [-0.15, -0.1) is 11.3 Å². The minimum absolute atomic E-state index is 0.178. The first-order chi connectivity index (χ1) is 14.2. The van der Waals surface area contributed by atoms with E-state index < -0.39 is 22.4 Å². The Bertz CT molecular complexity index is 1080. The lowest BCUT2D eigenvalue weighted by Crippen LogP contribution is -2.16. The number of hydrazone groups is 1. The fraction of sp³-hybridized carbons (Fsp3) is 0.0526. The van der Waals surface area contributed by atoms with E-state index in [2.05, 4.69) is 10.5 Å². The molecule has 0 saturated carbocycles. The van der Waals surface area contributed by atoms with Crippen LogP contribution in [0.15, 0.2) is 65.1 Å². The number of halogens is 3. The first-order valence-electron chi connectivity index (χ1n) is 8.24. The molecule has 0 aliphatic carbocycles. The molecule has 0 radical (unpaired) electrons. The highest BCUT2D eigenvalue weighted by atomic mass is 32.1. The quantitative estimate of drug-likeness (QED) is 0.326. The zero-order valence-corrected chi connectivity index (χ0v) is 15.7. The van der Waals surface area contributed by atoms with Crippen LogP contribution in [0.1, 0.15) is 20.8 Å². The van der Waals surface area contributed by atoms with E-state index in [1.807, 2.05) is 0 Å². The van der Waals surface area contributed by atoms with Crippen LogP contribution in [-0.2, 0) is 6.18 Å². The summed E-state index contributed by atoms with van der Waals surface area (Å²) in [7, 11) is 0. The molecule has 0 fully saturated rings. The Balaban J connectivity index is 1.69. The highest BCUT2D eigenvalue weighted by molar-refractivity contribution is 7.12. The lowest BCUT2D eigenvalue weighted by atomic mass is 10.2. The Hall–Kier alpha value is -3.73. The zero-order chi connectivity index (χ0) is 21.7. The van der Waals surface area contributed by atoms with Crippen molar-refractivity contribution in [2.24, 2.45) is 5.10 Å². The van der Waals surface area contributed by atoms with Gasteiger partial charge < -0.3 is 4.74 Å². The molecule has 0 aliphatic rings. The summed E-state index contributed by atoms with van der Waals surface area (Å²) in [4.78, 5) is 22.4. The summed E-state index contributed by atoms with van der Waals surface area (Å²) >= 11 is 1.27. The lowest BCUT2D eigenvalue weighted by molar-refractivity contribution is -0.385. The maximum Gasteiger partial charge on any atom is 0.416 e. The molecule has 0 saturated heterocycles. The predicted molar refractivity (Wildman–Crippen MR) is 104 cm³/mol. The molecule has 1 N–H and O–H groups in total. The molecule has 0 bridgehead atoms. The monoisotopic (exact) mass is 435 g/mol. The molecule has 3 aromatic rings. The Morgan fingerprint density at radius 3 is 2.50 bits per heavy atom. The van der Waals surface area contributed by atoms with Crippen LogP contribution in [0.5, 0.6) is 11.5 Å². The maximum atomic E-state index is 12.8. The van der Waals surface area contributed by atoms with Gasteiger partial charge in [-0.25, -0.2) is 5.43 Å². The molecule has 1 aromatic heterocycles. The number of hydrogen-bond acceptors (Lipinski definition) is 6. The van der Waals surface area contributed by atoms with Crippen molar-refractivity contribution >= 4 is 29.1 Å². The Kier molecular flexibility index (Phi) is 6.11. The van der Waals surface area contributed by atoms with Gasteiger partial charge in [-0.05, 0) is 53.4 Å². The molecule has 0 spiro atoms. The molecular formula is C19H12F3N3O4S. The van der Waals surface area contributed by atoms with Crippen LogP contribution in [0.2, 0.25) is 0 Å². The first-order valence-corrected chi connectivity index (χ1v) is 9.12. The van der Waals surface area contributed by atoms with E-state index in [0.717, 1.165) is 6.07 Å². The third-order valence-corrected chi connectivity index (χ3v) is 4.58. The van der Waals surface area contributed by atoms with Crippen molar-refractivity contribution in [1.82, 2.24) is 5.43 Å². The number of nitro benzene ring substituents is 1. The summed E-state index contributed by atoms with van der Waals surface area (Å²) in [6.45, 7) is 0. The minimum atomic E-state index is -4.71. The maximum absolute atomic E-state index is 12.8. The topological polar surface area (TPSA) is 93.8 Å². The van der Waals surface area contributed by atoms with Crippen LogP contribution < -0.4 is 10.2 Å². The average Bonchev–Trinajstić information content (AvgIpc) is 3.23. The molecule has 0 atom stereocenters. The van der Waals surface area contributed by atoms with Gasteiger partial charge in [-0.3, -0.25) is 14.9 Å². The number of carbonyl (C=O) groups is 1. The van der Waals surface area contributed by atoms with Crippen LogP contribution in [0, 0.1) is 10.1 Å². The molecule has 1 amide bonds. The number of thiophene rings is 1. The van der Waals surface area contributed by atoms with E-state index in [0.29, 0.717) is 22.6 Å². The summed E-state index contributed by atoms with van der Waals surface area (Å²) in [5.41, 5.74) is 1.02. The van der Waals surface area contributed by atoms with Gasteiger partial charge in [0.25, 0.3) is 5.91 Å². The average molecular weight is 435 g/mol. The van der Waals surface area contributed by atoms with Crippen LogP contribution in [-0.4, -0.2) is 17.0 Å². The van der Waals surface area contributed by atoms with Crippen LogP contribution in [0.4, 0.5) is 18.9 Å². The number of nitro groups is 1. The molecule has 7 nitrogen and oxygen atoms in total. The second-order valence-corrected chi connectivity index (χ2v) is 6.73. The Morgan fingerprint density at radius 2 is 1.90 bits per heavy atom. The molecule has 154 valence electrons. The van der Waals surface area contributed by atoms with E-state index in [1.54, 1.807) is 29.6 Å². The summed E-state index contributed by atoms with van der Waals surface area (Å²) in [5, 5.41) is 16.7.